The normalized spacial score (nSPS) is 16.6. The summed E-state index contributed by atoms with van der Waals surface area (Å²) in [6, 6.07) is 0.793. The lowest BCUT2D eigenvalue weighted by molar-refractivity contribution is 0.254. The number of nitrogens with zero attached hydrogens (tertiary/aromatic N) is 3. The molecule has 0 aromatic carbocycles. The number of aromatic nitrogens is 2. The fraction of sp³-hybridized carbons (Fsp3) is 0.667. The maximum Gasteiger partial charge on any atom is 0.142 e. The van der Waals surface area contributed by atoms with Gasteiger partial charge in [-0.15, -0.1) is 0 Å². The summed E-state index contributed by atoms with van der Waals surface area (Å²) in [6.07, 6.45) is 8.93. The molecule has 1 aromatic heterocycles. The first kappa shape index (κ1) is 13.0. The Morgan fingerprint density at radius 1 is 1.47 bits per heavy atom. The van der Waals surface area contributed by atoms with Gasteiger partial charge in [-0.1, -0.05) is 12.8 Å². The van der Waals surface area contributed by atoms with Gasteiger partial charge in [0.25, 0.3) is 0 Å². The predicted molar refractivity (Wildman–Crippen MR) is 78.1 cm³/mol. The van der Waals surface area contributed by atoms with E-state index in [2.05, 4.69) is 49.8 Å². The molecule has 0 radical (unpaired) electrons. The van der Waals surface area contributed by atoms with Crippen molar-refractivity contribution >= 4 is 28.4 Å². The summed E-state index contributed by atoms with van der Waals surface area (Å²) in [7, 11) is 2.22. The fourth-order valence-electron chi connectivity index (χ4n) is 2.32. The van der Waals surface area contributed by atoms with Gasteiger partial charge in [-0.3, -0.25) is 0 Å². The molecule has 2 rings (SSSR count). The van der Waals surface area contributed by atoms with Crippen molar-refractivity contribution in [2.45, 2.75) is 31.7 Å². The van der Waals surface area contributed by atoms with Crippen LogP contribution in [-0.4, -0.2) is 41.0 Å². The third kappa shape index (κ3) is 3.77. The number of hydrogen-bond donors (Lipinski definition) is 1. The van der Waals surface area contributed by atoms with Crippen LogP contribution < -0.4 is 5.32 Å². The SMILES string of the molecule is CN(CCNc1ncncc1I)C1CCCC1. The Morgan fingerprint density at radius 3 is 2.94 bits per heavy atom. The Balaban J connectivity index is 1.74. The molecule has 0 unspecified atom stereocenters. The standard InChI is InChI=1S/C12H19IN4/c1-17(10-4-2-3-5-10)7-6-15-12-11(13)8-14-9-16-12/h8-10H,2-7H2,1H3,(H,14,15,16). The van der Waals surface area contributed by atoms with Gasteiger partial charge >= 0.3 is 0 Å². The number of anilines is 1. The van der Waals surface area contributed by atoms with Crippen LogP contribution in [0.3, 0.4) is 0 Å². The average Bonchev–Trinajstić information content (AvgIpc) is 2.85. The molecule has 0 spiro atoms. The van der Waals surface area contributed by atoms with Crippen LogP contribution in [0, 0.1) is 3.57 Å². The fourth-order valence-corrected chi connectivity index (χ4v) is 2.81. The van der Waals surface area contributed by atoms with Crippen LogP contribution in [0.25, 0.3) is 0 Å². The van der Waals surface area contributed by atoms with Gasteiger partial charge < -0.3 is 10.2 Å². The van der Waals surface area contributed by atoms with E-state index in [4.69, 9.17) is 0 Å². The van der Waals surface area contributed by atoms with Gasteiger partial charge in [0, 0.05) is 25.3 Å². The van der Waals surface area contributed by atoms with Gasteiger partial charge in [-0.25, -0.2) is 9.97 Å². The first-order valence-electron chi connectivity index (χ1n) is 6.17. The highest BCUT2D eigenvalue weighted by molar-refractivity contribution is 14.1. The topological polar surface area (TPSA) is 41.0 Å². The van der Waals surface area contributed by atoms with Crippen LogP contribution in [0.4, 0.5) is 5.82 Å². The molecule has 0 amide bonds. The number of hydrogen-bond acceptors (Lipinski definition) is 4. The van der Waals surface area contributed by atoms with E-state index in [0.29, 0.717) is 0 Å². The first-order valence-corrected chi connectivity index (χ1v) is 7.25. The van der Waals surface area contributed by atoms with Crippen LogP contribution in [-0.2, 0) is 0 Å². The van der Waals surface area contributed by atoms with E-state index in [-0.39, 0.29) is 0 Å². The lowest BCUT2D eigenvalue weighted by Crippen LogP contribution is -2.33. The van der Waals surface area contributed by atoms with E-state index in [0.717, 1.165) is 28.5 Å². The summed E-state index contributed by atoms with van der Waals surface area (Å²) in [6.45, 7) is 2.02. The molecule has 4 nitrogen and oxygen atoms in total. The summed E-state index contributed by atoms with van der Waals surface area (Å²) < 4.78 is 1.08. The van der Waals surface area contributed by atoms with Crippen molar-refractivity contribution in [3.8, 4) is 0 Å². The van der Waals surface area contributed by atoms with E-state index in [1.165, 1.54) is 25.7 Å². The highest BCUT2D eigenvalue weighted by Crippen LogP contribution is 2.22. The Labute approximate surface area is 116 Å². The van der Waals surface area contributed by atoms with Crippen LogP contribution in [0.2, 0.25) is 0 Å². The molecule has 1 aromatic rings. The number of halogens is 1. The van der Waals surface area contributed by atoms with Crippen LogP contribution in [0.15, 0.2) is 12.5 Å². The molecule has 0 saturated heterocycles. The third-order valence-electron chi connectivity index (χ3n) is 3.37. The summed E-state index contributed by atoms with van der Waals surface area (Å²) in [4.78, 5) is 10.7. The van der Waals surface area contributed by atoms with Gasteiger partial charge in [-0.05, 0) is 42.5 Å². The molecule has 1 heterocycles. The molecular weight excluding hydrogens is 327 g/mol. The highest BCUT2D eigenvalue weighted by atomic mass is 127. The molecule has 1 aliphatic carbocycles. The van der Waals surface area contributed by atoms with E-state index in [9.17, 15) is 0 Å². The maximum atomic E-state index is 4.22. The number of nitrogens with one attached hydrogen (secondary N) is 1. The zero-order valence-electron chi connectivity index (χ0n) is 10.2. The van der Waals surface area contributed by atoms with Crippen molar-refractivity contribution in [3.05, 3.63) is 16.1 Å². The Hall–Kier alpha value is -0.430. The largest absolute Gasteiger partial charge is 0.368 e. The molecule has 0 bridgehead atoms. The lowest BCUT2D eigenvalue weighted by Gasteiger charge is -2.24. The minimum absolute atomic E-state index is 0.793. The van der Waals surface area contributed by atoms with Crippen molar-refractivity contribution in [2.75, 3.05) is 25.5 Å². The van der Waals surface area contributed by atoms with Crippen LogP contribution >= 0.6 is 22.6 Å². The van der Waals surface area contributed by atoms with Gasteiger partial charge in [0.1, 0.15) is 12.1 Å². The zero-order valence-corrected chi connectivity index (χ0v) is 12.4. The molecule has 0 aliphatic heterocycles. The minimum Gasteiger partial charge on any atom is -0.368 e. The smallest absolute Gasteiger partial charge is 0.142 e. The molecule has 0 atom stereocenters. The highest BCUT2D eigenvalue weighted by Gasteiger charge is 2.18. The van der Waals surface area contributed by atoms with Gasteiger partial charge in [0.2, 0.25) is 0 Å². The second-order valence-corrected chi connectivity index (χ2v) is 5.73. The van der Waals surface area contributed by atoms with Crippen LogP contribution in [0.1, 0.15) is 25.7 Å². The van der Waals surface area contributed by atoms with Gasteiger partial charge in [-0.2, -0.15) is 0 Å². The Bertz CT molecular complexity index is 352. The zero-order chi connectivity index (χ0) is 12.1. The molecular formula is C12H19IN4. The summed E-state index contributed by atoms with van der Waals surface area (Å²) >= 11 is 2.25. The second kappa shape index (κ2) is 6.49. The summed E-state index contributed by atoms with van der Waals surface area (Å²) in [5.41, 5.74) is 0. The molecule has 1 saturated carbocycles. The van der Waals surface area contributed by atoms with Gasteiger partial charge in [0.15, 0.2) is 0 Å². The number of rotatable bonds is 5. The third-order valence-corrected chi connectivity index (χ3v) is 4.16. The predicted octanol–water partition coefficient (Wildman–Crippen LogP) is 2.37. The van der Waals surface area contributed by atoms with E-state index in [1.807, 2.05) is 6.20 Å². The van der Waals surface area contributed by atoms with E-state index >= 15 is 0 Å². The van der Waals surface area contributed by atoms with Crippen molar-refractivity contribution in [2.24, 2.45) is 0 Å². The molecule has 5 heteroatoms. The second-order valence-electron chi connectivity index (χ2n) is 4.56. The van der Waals surface area contributed by atoms with Crippen LogP contribution in [0.5, 0.6) is 0 Å². The molecule has 17 heavy (non-hydrogen) atoms. The summed E-state index contributed by atoms with van der Waals surface area (Å²) in [5, 5.41) is 3.37. The lowest BCUT2D eigenvalue weighted by atomic mass is 10.2. The number of likely N-dealkylation sites (N-methyl/N-ethyl adjacent to an activating group) is 1. The Kier molecular flexibility index (Phi) is 4.97. The molecule has 1 N–H and O–H groups in total. The monoisotopic (exact) mass is 346 g/mol. The minimum atomic E-state index is 0.793. The molecule has 94 valence electrons. The molecule has 1 fully saturated rings. The maximum absolute atomic E-state index is 4.22. The quantitative estimate of drug-likeness (QED) is 0.832. The Morgan fingerprint density at radius 2 is 2.24 bits per heavy atom. The van der Waals surface area contributed by atoms with Crippen molar-refractivity contribution in [1.29, 1.82) is 0 Å². The first-order chi connectivity index (χ1) is 8.27. The molecule has 1 aliphatic rings. The van der Waals surface area contributed by atoms with Crippen molar-refractivity contribution in [1.82, 2.24) is 14.9 Å². The van der Waals surface area contributed by atoms with Crippen molar-refractivity contribution in [3.63, 3.8) is 0 Å². The summed E-state index contributed by atoms with van der Waals surface area (Å²) in [5.74, 6) is 0.945. The van der Waals surface area contributed by atoms with E-state index in [1.54, 1.807) is 6.33 Å². The van der Waals surface area contributed by atoms with Gasteiger partial charge in [0.05, 0.1) is 3.57 Å². The van der Waals surface area contributed by atoms with Crippen molar-refractivity contribution < 1.29 is 0 Å². The average molecular weight is 346 g/mol. The van der Waals surface area contributed by atoms with E-state index < -0.39 is 0 Å².